The first-order valence-corrected chi connectivity index (χ1v) is 7.32. The molecule has 120 valence electrons. The van der Waals surface area contributed by atoms with Crippen LogP contribution < -0.4 is 5.32 Å². The summed E-state index contributed by atoms with van der Waals surface area (Å²) in [6, 6.07) is 12.9. The van der Waals surface area contributed by atoms with Crippen LogP contribution in [0.15, 0.2) is 48.5 Å². The van der Waals surface area contributed by atoms with Crippen LogP contribution in [0.1, 0.15) is 28.4 Å². The predicted octanol–water partition coefficient (Wildman–Crippen LogP) is 3.10. The number of aliphatic hydroxyl groups is 1. The van der Waals surface area contributed by atoms with Gasteiger partial charge in [0.05, 0.1) is 11.0 Å². The minimum atomic E-state index is -0.711. The lowest BCUT2D eigenvalue weighted by Gasteiger charge is -2.11. The number of amides is 1. The largest absolute Gasteiger partial charge is 0.388 e. The van der Waals surface area contributed by atoms with Crippen molar-refractivity contribution in [3.63, 3.8) is 0 Å². The fourth-order valence-corrected chi connectivity index (χ4v) is 2.27. The summed E-state index contributed by atoms with van der Waals surface area (Å²) < 4.78 is 0. The zero-order valence-electron chi connectivity index (χ0n) is 12.1. The summed E-state index contributed by atoms with van der Waals surface area (Å²) in [6.07, 6.45) is -0.409. The molecule has 1 unspecified atom stereocenters. The number of aliphatic hydroxyl groups excluding tert-OH is 1. The molecule has 0 aromatic heterocycles. The van der Waals surface area contributed by atoms with E-state index in [0.717, 1.165) is 11.6 Å². The lowest BCUT2D eigenvalue weighted by atomic mass is 10.1. The molecule has 1 atom stereocenters. The van der Waals surface area contributed by atoms with Crippen LogP contribution in [0.5, 0.6) is 0 Å². The maximum absolute atomic E-state index is 12.1. The van der Waals surface area contributed by atoms with Crippen molar-refractivity contribution >= 4 is 23.2 Å². The van der Waals surface area contributed by atoms with Gasteiger partial charge in [0.2, 0.25) is 0 Å². The lowest BCUT2D eigenvalue weighted by molar-refractivity contribution is -0.385. The molecule has 0 spiro atoms. The molecule has 7 heteroatoms. The van der Waals surface area contributed by atoms with Gasteiger partial charge in [-0.15, -0.1) is 0 Å². The summed E-state index contributed by atoms with van der Waals surface area (Å²) in [5, 5.41) is 23.7. The Bertz CT molecular complexity index is 706. The number of rotatable bonds is 6. The van der Waals surface area contributed by atoms with Gasteiger partial charge in [0.15, 0.2) is 0 Å². The van der Waals surface area contributed by atoms with Gasteiger partial charge in [-0.3, -0.25) is 14.9 Å². The van der Waals surface area contributed by atoms with Crippen molar-refractivity contribution in [3.8, 4) is 0 Å². The number of benzene rings is 2. The van der Waals surface area contributed by atoms with Crippen LogP contribution >= 0.6 is 11.6 Å². The van der Waals surface area contributed by atoms with E-state index in [1.807, 2.05) is 18.2 Å². The number of hydrogen-bond acceptors (Lipinski definition) is 4. The van der Waals surface area contributed by atoms with Gasteiger partial charge in [-0.05, 0) is 24.1 Å². The van der Waals surface area contributed by atoms with E-state index >= 15 is 0 Å². The average Bonchev–Trinajstić information content (AvgIpc) is 2.55. The molecule has 0 aliphatic rings. The molecular weight excluding hydrogens is 320 g/mol. The number of carbonyl (C=O) groups excluding carboxylic acids is 1. The fourth-order valence-electron chi connectivity index (χ4n) is 2.11. The molecule has 0 aliphatic heterocycles. The molecule has 0 fully saturated rings. The van der Waals surface area contributed by atoms with Crippen molar-refractivity contribution in [2.24, 2.45) is 0 Å². The van der Waals surface area contributed by atoms with E-state index in [1.54, 1.807) is 12.1 Å². The fraction of sp³-hybridized carbons (Fsp3) is 0.188. The summed E-state index contributed by atoms with van der Waals surface area (Å²) >= 11 is 5.71. The number of nitrogens with one attached hydrogen (secondary N) is 1. The van der Waals surface area contributed by atoms with E-state index in [-0.39, 0.29) is 22.8 Å². The smallest absolute Gasteiger partial charge is 0.283 e. The predicted molar refractivity (Wildman–Crippen MR) is 86.5 cm³/mol. The number of nitro groups is 1. The Morgan fingerprint density at radius 3 is 2.61 bits per heavy atom. The highest BCUT2D eigenvalue weighted by Gasteiger charge is 2.20. The third-order valence-corrected chi connectivity index (χ3v) is 3.52. The normalized spacial score (nSPS) is 11.7. The summed E-state index contributed by atoms with van der Waals surface area (Å²) in [6.45, 7) is 0.189. The van der Waals surface area contributed by atoms with Crippen molar-refractivity contribution < 1.29 is 14.8 Å². The van der Waals surface area contributed by atoms with Crippen molar-refractivity contribution in [1.29, 1.82) is 0 Å². The first kappa shape index (κ1) is 16.9. The SMILES string of the molecule is O=C(NCCC(O)c1ccccc1)c1ccc(Cl)cc1[N+](=O)[O-]. The highest BCUT2D eigenvalue weighted by atomic mass is 35.5. The molecular formula is C16H15ClN2O4. The van der Waals surface area contributed by atoms with Gasteiger partial charge in [-0.2, -0.15) is 0 Å². The Kier molecular flexibility index (Phi) is 5.67. The number of hydrogen-bond donors (Lipinski definition) is 2. The topological polar surface area (TPSA) is 92.5 Å². The maximum Gasteiger partial charge on any atom is 0.283 e. The van der Waals surface area contributed by atoms with Crippen LogP contribution in [-0.4, -0.2) is 22.5 Å². The molecule has 0 heterocycles. The Balaban J connectivity index is 1.97. The monoisotopic (exact) mass is 334 g/mol. The molecule has 6 nitrogen and oxygen atoms in total. The van der Waals surface area contributed by atoms with Gasteiger partial charge in [-0.1, -0.05) is 41.9 Å². The lowest BCUT2D eigenvalue weighted by Crippen LogP contribution is -2.26. The highest BCUT2D eigenvalue weighted by molar-refractivity contribution is 6.31. The average molecular weight is 335 g/mol. The first-order chi connectivity index (χ1) is 11.0. The van der Waals surface area contributed by atoms with E-state index in [4.69, 9.17) is 11.6 Å². The van der Waals surface area contributed by atoms with Gasteiger partial charge >= 0.3 is 0 Å². The molecule has 0 radical (unpaired) electrons. The molecule has 0 bridgehead atoms. The molecule has 2 N–H and O–H groups in total. The van der Waals surface area contributed by atoms with Crippen LogP contribution in [0.25, 0.3) is 0 Å². The van der Waals surface area contributed by atoms with Crippen LogP contribution in [0.4, 0.5) is 5.69 Å². The Hall–Kier alpha value is -2.44. The van der Waals surface area contributed by atoms with Gasteiger partial charge in [-0.25, -0.2) is 0 Å². The Morgan fingerprint density at radius 2 is 1.96 bits per heavy atom. The zero-order valence-corrected chi connectivity index (χ0v) is 12.9. The summed E-state index contributed by atoms with van der Waals surface area (Å²) in [4.78, 5) is 22.4. The third-order valence-electron chi connectivity index (χ3n) is 3.29. The minimum absolute atomic E-state index is 0.0615. The molecule has 2 aromatic rings. The van der Waals surface area contributed by atoms with Gasteiger partial charge < -0.3 is 10.4 Å². The van der Waals surface area contributed by atoms with E-state index in [2.05, 4.69) is 5.32 Å². The number of carbonyl (C=O) groups is 1. The summed E-state index contributed by atoms with van der Waals surface area (Å²) in [5.41, 5.74) is 0.339. The molecule has 2 rings (SSSR count). The first-order valence-electron chi connectivity index (χ1n) is 6.94. The molecule has 0 aliphatic carbocycles. The molecule has 0 saturated heterocycles. The Labute approximate surface area is 137 Å². The Morgan fingerprint density at radius 1 is 1.26 bits per heavy atom. The van der Waals surface area contributed by atoms with Crippen molar-refractivity contribution in [1.82, 2.24) is 5.32 Å². The van der Waals surface area contributed by atoms with Gasteiger partial charge in [0, 0.05) is 17.6 Å². The van der Waals surface area contributed by atoms with Crippen molar-refractivity contribution in [2.75, 3.05) is 6.54 Å². The van der Waals surface area contributed by atoms with Gasteiger partial charge in [0.1, 0.15) is 5.56 Å². The van der Waals surface area contributed by atoms with Gasteiger partial charge in [0.25, 0.3) is 11.6 Å². The van der Waals surface area contributed by atoms with E-state index in [9.17, 15) is 20.0 Å². The highest BCUT2D eigenvalue weighted by Crippen LogP contribution is 2.23. The molecule has 1 amide bonds. The second kappa shape index (κ2) is 7.71. The summed E-state index contributed by atoms with van der Waals surface area (Å²) in [7, 11) is 0. The van der Waals surface area contributed by atoms with Crippen LogP contribution in [0.3, 0.4) is 0 Å². The maximum atomic E-state index is 12.1. The van der Waals surface area contributed by atoms with Crippen molar-refractivity contribution in [2.45, 2.75) is 12.5 Å². The van der Waals surface area contributed by atoms with E-state index in [1.165, 1.54) is 12.1 Å². The number of nitrogens with zero attached hydrogens (tertiary/aromatic N) is 1. The molecule has 23 heavy (non-hydrogen) atoms. The summed E-state index contributed by atoms with van der Waals surface area (Å²) in [5.74, 6) is -0.575. The second-order valence-corrected chi connectivity index (χ2v) is 5.33. The quantitative estimate of drug-likeness (QED) is 0.627. The van der Waals surface area contributed by atoms with Crippen LogP contribution in [-0.2, 0) is 0 Å². The minimum Gasteiger partial charge on any atom is -0.388 e. The third kappa shape index (κ3) is 4.51. The number of halogens is 1. The van der Waals surface area contributed by atoms with E-state index < -0.39 is 16.9 Å². The van der Waals surface area contributed by atoms with E-state index in [0.29, 0.717) is 6.42 Å². The van der Waals surface area contributed by atoms with Crippen LogP contribution in [0, 0.1) is 10.1 Å². The van der Waals surface area contributed by atoms with Crippen LogP contribution in [0.2, 0.25) is 5.02 Å². The standard InChI is InChI=1S/C16H15ClN2O4/c17-12-6-7-13(14(10-12)19(22)23)16(21)18-9-8-15(20)11-4-2-1-3-5-11/h1-7,10,15,20H,8-9H2,(H,18,21). The molecule has 0 saturated carbocycles. The number of nitro benzene ring substituents is 1. The molecule has 2 aromatic carbocycles. The van der Waals surface area contributed by atoms with Crippen molar-refractivity contribution in [3.05, 3.63) is 74.8 Å². The second-order valence-electron chi connectivity index (χ2n) is 4.89. The zero-order chi connectivity index (χ0) is 16.8.